The summed E-state index contributed by atoms with van der Waals surface area (Å²) in [6.07, 6.45) is 8.21. The van der Waals surface area contributed by atoms with Gasteiger partial charge in [-0.1, -0.05) is 6.08 Å². The average molecular weight is 339 g/mol. The molecule has 0 aromatic heterocycles. The Morgan fingerprint density at radius 1 is 1.12 bits per heavy atom. The van der Waals surface area contributed by atoms with Gasteiger partial charge in [-0.05, 0) is 49.4 Å². The molecule has 4 aliphatic rings. The number of piperidine rings is 3. The molecule has 2 unspecified atom stereocenters. The SMILES string of the molecule is COC1=CC=C(C2CN3CCC2CC3)C(OC)C1.O=C(O)C(=O)O. The lowest BCUT2D eigenvalue weighted by Crippen LogP contribution is -2.49. The second kappa shape index (κ2) is 8.30. The van der Waals surface area contributed by atoms with Crippen LogP contribution in [0.2, 0.25) is 0 Å². The summed E-state index contributed by atoms with van der Waals surface area (Å²) in [7, 11) is 3.56. The molecule has 0 radical (unpaired) electrons. The third kappa shape index (κ3) is 4.36. The molecule has 0 amide bonds. The lowest BCUT2D eigenvalue weighted by atomic mass is 9.72. The molecule has 0 spiro atoms. The molecule has 134 valence electrons. The number of allylic oxidation sites excluding steroid dienone is 2. The summed E-state index contributed by atoms with van der Waals surface area (Å²) in [6, 6.07) is 0. The molecule has 24 heavy (non-hydrogen) atoms. The number of fused-ring (bicyclic) bond motifs is 3. The molecule has 3 saturated heterocycles. The first kappa shape index (κ1) is 18.5. The third-order valence-electron chi connectivity index (χ3n) is 5.03. The van der Waals surface area contributed by atoms with Crippen LogP contribution in [0.15, 0.2) is 23.5 Å². The number of carbonyl (C=O) groups is 2. The fourth-order valence-corrected chi connectivity index (χ4v) is 3.74. The predicted molar refractivity (Wildman–Crippen MR) is 86.5 cm³/mol. The molecule has 0 aromatic carbocycles. The van der Waals surface area contributed by atoms with Crippen LogP contribution in [0.5, 0.6) is 0 Å². The summed E-state index contributed by atoms with van der Waals surface area (Å²) >= 11 is 0. The van der Waals surface area contributed by atoms with Crippen LogP contribution in [0, 0.1) is 11.8 Å². The summed E-state index contributed by atoms with van der Waals surface area (Å²) in [4.78, 5) is 20.8. The van der Waals surface area contributed by atoms with E-state index in [1.165, 1.54) is 38.0 Å². The Kier molecular flexibility index (Phi) is 6.39. The highest BCUT2D eigenvalue weighted by molar-refractivity contribution is 6.27. The van der Waals surface area contributed by atoms with Crippen molar-refractivity contribution in [3.63, 3.8) is 0 Å². The molecule has 7 nitrogen and oxygen atoms in total. The smallest absolute Gasteiger partial charge is 0.414 e. The topological polar surface area (TPSA) is 96.3 Å². The zero-order chi connectivity index (χ0) is 17.7. The molecule has 0 saturated carbocycles. The van der Waals surface area contributed by atoms with E-state index < -0.39 is 11.9 Å². The highest BCUT2D eigenvalue weighted by Crippen LogP contribution is 2.40. The van der Waals surface area contributed by atoms with Gasteiger partial charge in [0.1, 0.15) is 0 Å². The Morgan fingerprint density at radius 2 is 1.75 bits per heavy atom. The van der Waals surface area contributed by atoms with Crippen molar-refractivity contribution in [2.24, 2.45) is 11.8 Å². The maximum atomic E-state index is 9.10. The van der Waals surface area contributed by atoms with Crippen molar-refractivity contribution in [2.45, 2.75) is 25.4 Å². The highest BCUT2D eigenvalue weighted by Gasteiger charge is 2.38. The minimum atomic E-state index is -1.82. The van der Waals surface area contributed by atoms with E-state index >= 15 is 0 Å². The number of carboxylic acid groups (broad SMARTS) is 2. The van der Waals surface area contributed by atoms with Crippen LogP contribution in [0.1, 0.15) is 19.3 Å². The highest BCUT2D eigenvalue weighted by atomic mass is 16.5. The van der Waals surface area contributed by atoms with Crippen LogP contribution >= 0.6 is 0 Å². The van der Waals surface area contributed by atoms with Gasteiger partial charge < -0.3 is 24.6 Å². The maximum Gasteiger partial charge on any atom is 0.414 e. The van der Waals surface area contributed by atoms with Gasteiger partial charge in [-0.2, -0.15) is 0 Å². The second-order valence-electron chi connectivity index (χ2n) is 6.29. The van der Waals surface area contributed by atoms with E-state index in [0.29, 0.717) is 5.92 Å². The summed E-state index contributed by atoms with van der Waals surface area (Å²) in [6.45, 7) is 3.82. The zero-order valence-electron chi connectivity index (χ0n) is 14.1. The van der Waals surface area contributed by atoms with E-state index in [4.69, 9.17) is 29.3 Å². The molecule has 3 fully saturated rings. The fourth-order valence-electron chi connectivity index (χ4n) is 3.74. The Hall–Kier alpha value is -1.86. The van der Waals surface area contributed by atoms with Crippen LogP contribution in [-0.2, 0) is 19.1 Å². The van der Waals surface area contributed by atoms with Gasteiger partial charge in [0.15, 0.2) is 0 Å². The largest absolute Gasteiger partial charge is 0.501 e. The number of methoxy groups -OCH3 is 2. The van der Waals surface area contributed by atoms with Crippen LogP contribution in [0.4, 0.5) is 0 Å². The van der Waals surface area contributed by atoms with Gasteiger partial charge in [0.2, 0.25) is 0 Å². The fraction of sp³-hybridized carbons (Fsp3) is 0.647. The number of carboxylic acids is 2. The lowest BCUT2D eigenvalue weighted by Gasteiger charge is -2.47. The van der Waals surface area contributed by atoms with Gasteiger partial charge >= 0.3 is 11.9 Å². The molecule has 2 N–H and O–H groups in total. The van der Waals surface area contributed by atoms with E-state index in [2.05, 4.69) is 17.1 Å². The number of hydrogen-bond donors (Lipinski definition) is 2. The van der Waals surface area contributed by atoms with Gasteiger partial charge in [0, 0.05) is 20.1 Å². The molecule has 0 aromatic rings. The lowest BCUT2D eigenvalue weighted by molar-refractivity contribution is -0.159. The minimum Gasteiger partial charge on any atom is -0.501 e. The average Bonchev–Trinajstić information content (AvgIpc) is 2.62. The Labute approximate surface area is 141 Å². The molecule has 3 heterocycles. The molecule has 4 rings (SSSR count). The Balaban J connectivity index is 0.000000301. The van der Waals surface area contributed by atoms with Gasteiger partial charge in [0.25, 0.3) is 0 Å². The van der Waals surface area contributed by atoms with Crippen molar-refractivity contribution in [3.8, 4) is 0 Å². The van der Waals surface area contributed by atoms with Crippen LogP contribution in [0.3, 0.4) is 0 Å². The summed E-state index contributed by atoms with van der Waals surface area (Å²) in [5.41, 5.74) is 1.49. The molecule has 1 aliphatic carbocycles. The molecule has 3 aliphatic heterocycles. The van der Waals surface area contributed by atoms with E-state index in [9.17, 15) is 0 Å². The second-order valence-corrected chi connectivity index (χ2v) is 6.29. The number of hydrogen-bond acceptors (Lipinski definition) is 5. The van der Waals surface area contributed by atoms with Gasteiger partial charge in [-0.15, -0.1) is 0 Å². The molecule has 7 heteroatoms. The normalized spacial score (nSPS) is 31.2. The van der Waals surface area contributed by atoms with Crippen molar-refractivity contribution < 1.29 is 29.3 Å². The van der Waals surface area contributed by atoms with Gasteiger partial charge in [-0.25, -0.2) is 9.59 Å². The number of rotatable bonds is 3. The zero-order valence-corrected chi connectivity index (χ0v) is 14.1. The van der Waals surface area contributed by atoms with Crippen molar-refractivity contribution >= 4 is 11.9 Å². The number of aliphatic carboxylic acids is 2. The summed E-state index contributed by atoms with van der Waals surface area (Å²) < 4.78 is 11.0. The van der Waals surface area contributed by atoms with E-state index in [1.807, 2.05) is 7.11 Å². The first-order valence-electron chi connectivity index (χ1n) is 8.12. The van der Waals surface area contributed by atoms with Crippen molar-refractivity contribution in [3.05, 3.63) is 23.5 Å². The summed E-state index contributed by atoms with van der Waals surface area (Å²) in [5.74, 6) is -1.04. The predicted octanol–water partition coefficient (Wildman–Crippen LogP) is 1.36. The van der Waals surface area contributed by atoms with E-state index in [-0.39, 0.29) is 6.10 Å². The monoisotopic (exact) mass is 339 g/mol. The van der Waals surface area contributed by atoms with Crippen LogP contribution < -0.4 is 0 Å². The molecular weight excluding hydrogens is 314 g/mol. The molecule has 2 atom stereocenters. The van der Waals surface area contributed by atoms with E-state index in [0.717, 1.165) is 18.1 Å². The Morgan fingerprint density at radius 3 is 2.17 bits per heavy atom. The summed E-state index contributed by atoms with van der Waals surface area (Å²) in [5, 5.41) is 14.8. The van der Waals surface area contributed by atoms with Crippen molar-refractivity contribution in [2.75, 3.05) is 33.9 Å². The van der Waals surface area contributed by atoms with Gasteiger partial charge in [-0.3, -0.25) is 0 Å². The van der Waals surface area contributed by atoms with Crippen molar-refractivity contribution in [1.82, 2.24) is 4.90 Å². The van der Waals surface area contributed by atoms with Gasteiger partial charge in [0.05, 0.1) is 19.0 Å². The van der Waals surface area contributed by atoms with Crippen LogP contribution in [-0.4, -0.2) is 67.0 Å². The third-order valence-corrected chi connectivity index (χ3v) is 5.03. The molecule has 2 bridgehead atoms. The minimum absolute atomic E-state index is 0.218. The quantitative estimate of drug-likeness (QED) is 0.749. The first-order valence-corrected chi connectivity index (χ1v) is 8.12. The van der Waals surface area contributed by atoms with E-state index in [1.54, 1.807) is 7.11 Å². The number of nitrogens with zero attached hydrogens (tertiary/aromatic N) is 1. The maximum absolute atomic E-state index is 9.10. The first-order chi connectivity index (χ1) is 11.5. The van der Waals surface area contributed by atoms with Crippen LogP contribution in [0.25, 0.3) is 0 Å². The number of ether oxygens (including phenoxy) is 2. The van der Waals surface area contributed by atoms with Crippen molar-refractivity contribution in [1.29, 1.82) is 0 Å². The standard InChI is InChI=1S/C15H23NO2.C2H2O4/c1-17-12-3-4-13(15(9-12)18-2)14-10-16-7-5-11(14)6-8-16;3-1(4)2(5)6/h3-4,11,14-15H,5-10H2,1-2H3;(H,3,4)(H,5,6). The molecular formula is C17H25NO6. The Bertz CT molecular complexity index is 521.